The molecule has 0 heterocycles. The van der Waals surface area contributed by atoms with Gasteiger partial charge < -0.3 is 9.53 Å². The maximum atomic E-state index is 12.8. The molecule has 0 fully saturated rings. The van der Waals surface area contributed by atoms with E-state index in [1.807, 2.05) is 19.9 Å². The van der Waals surface area contributed by atoms with E-state index < -0.39 is 9.84 Å². The van der Waals surface area contributed by atoms with Crippen LogP contribution in [-0.2, 0) is 21.1 Å². The fraction of sp³-hybridized carbons (Fsp3) is 0.235. The van der Waals surface area contributed by atoms with Gasteiger partial charge in [0, 0.05) is 6.42 Å². The minimum absolute atomic E-state index is 0.140. The molecule has 0 aliphatic heterocycles. The highest BCUT2D eigenvalue weighted by Gasteiger charge is 2.19. The van der Waals surface area contributed by atoms with Crippen LogP contribution in [0.15, 0.2) is 52.3 Å². The summed E-state index contributed by atoms with van der Waals surface area (Å²) in [5, 5.41) is 0. The van der Waals surface area contributed by atoms with E-state index in [1.54, 1.807) is 24.3 Å². The summed E-state index contributed by atoms with van der Waals surface area (Å²) in [6.45, 7) is 4.09. The Kier molecular flexibility index (Phi) is 4.98. The minimum Gasteiger partial charge on any atom is -0.494 e. The van der Waals surface area contributed by atoms with Gasteiger partial charge in [-0.2, -0.15) is 0 Å². The van der Waals surface area contributed by atoms with Crippen molar-refractivity contribution in [2.75, 3.05) is 6.61 Å². The zero-order valence-electron chi connectivity index (χ0n) is 12.6. The summed E-state index contributed by atoms with van der Waals surface area (Å²) in [6, 6.07) is 11.4. The lowest BCUT2D eigenvalue weighted by Crippen LogP contribution is -2.04. The number of aryl methyl sites for hydroxylation is 1. The highest BCUT2D eigenvalue weighted by atomic mass is 32.2. The molecule has 0 aromatic heterocycles. The maximum Gasteiger partial charge on any atom is 0.206 e. The van der Waals surface area contributed by atoms with Crippen molar-refractivity contribution in [2.24, 2.45) is 0 Å². The number of hydrogen-bond acceptors (Lipinski definition) is 4. The van der Waals surface area contributed by atoms with Crippen LogP contribution in [0.1, 0.15) is 18.1 Å². The number of rotatable bonds is 6. The lowest BCUT2D eigenvalue weighted by molar-refractivity contribution is -0.107. The minimum atomic E-state index is -3.64. The normalized spacial score (nSPS) is 11.2. The molecule has 0 aliphatic rings. The summed E-state index contributed by atoms with van der Waals surface area (Å²) >= 11 is 0. The second kappa shape index (κ2) is 6.75. The lowest BCUT2D eigenvalue weighted by Gasteiger charge is -2.10. The van der Waals surface area contributed by atoms with Crippen LogP contribution in [0.3, 0.4) is 0 Å². The summed E-state index contributed by atoms with van der Waals surface area (Å²) in [7, 11) is -3.64. The van der Waals surface area contributed by atoms with E-state index in [1.165, 1.54) is 12.1 Å². The first-order valence-electron chi connectivity index (χ1n) is 6.99. The zero-order chi connectivity index (χ0) is 16.2. The molecule has 0 saturated carbocycles. The molecule has 2 rings (SSSR count). The van der Waals surface area contributed by atoms with Gasteiger partial charge in [-0.15, -0.1) is 0 Å². The summed E-state index contributed by atoms with van der Waals surface area (Å²) in [4.78, 5) is 11.1. The van der Waals surface area contributed by atoms with E-state index in [0.717, 1.165) is 11.8 Å². The predicted octanol–water partition coefficient (Wildman–Crippen LogP) is 2.97. The van der Waals surface area contributed by atoms with Crippen molar-refractivity contribution >= 4 is 16.1 Å². The van der Waals surface area contributed by atoms with Gasteiger partial charge in [0.05, 0.1) is 16.4 Å². The number of sulfone groups is 1. The van der Waals surface area contributed by atoms with Gasteiger partial charge in [0.15, 0.2) is 0 Å². The first-order valence-corrected chi connectivity index (χ1v) is 8.48. The quantitative estimate of drug-likeness (QED) is 0.768. The molecule has 0 amide bonds. The van der Waals surface area contributed by atoms with Gasteiger partial charge in [-0.1, -0.05) is 12.1 Å². The largest absolute Gasteiger partial charge is 0.494 e. The number of aldehydes is 1. The first-order chi connectivity index (χ1) is 10.5. The first kappa shape index (κ1) is 16.2. The Labute approximate surface area is 130 Å². The zero-order valence-corrected chi connectivity index (χ0v) is 13.4. The second-order valence-corrected chi connectivity index (χ2v) is 6.89. The fourth-order valence-corrected chi connectivity index (χ4v) is 3.62. The van der Waals surface area contributed by atoms with Crippen molar-refractivity contribution in [1.82, 2.24) is 0 Å². The number of carbonyl (C=O) groups excluding carboxylic acids is 1. The van der Waals surface area contributed by atoms with Crippen molar-refractivity contribution in [3.8, 4) is 5.75 Å². The molecule has 2 aromatic carbocycles. The average Bonchev–Trinajstić information content (AvgIpc) is 2.47. The van der Waals surface area contributed by atoms with Crippen molar-refractivity contribution < 1.29 is 17.9 Å². The molecular formula is C17H18O4S. The van der Waals surface area contributed by atoms with Crippen molar-refractivity contribution in [1.29, 1.82) is 0 Å². The van der Waals surface area contributed by atoms with E-state index in [4.69, 9.17) is 4.74 Å². The van der Waals surface area contributed by atoms with Gasteiger partial charge in [0.1, 0.15) is 12.0 Å². The molecule has 22 heavy (non-hydrogen) atoms. The number of hydrogen-bond donors (Lipinski definition) is 0. The SMILES string of the molecule is CCOc1cc(CC=O)cc(S(=O)(=O)c2cccc(C)c2)c1. The summed E-state index contributed by atoms with van der Waals surface area (Å²) in [5.74, 6) is 0.452. The van der Waals surface area contributed by atoms with E-state index >= 15 is 0 Å². The van der Waals surface area contributed by atoms with E-state index in [0.29, 0.717) is 17.9 Å². The molecule has 4 nitrogen and oxygen atoms in total. The second-order valence-electron chi connectivity index (χ2n) is 4.94. The molecule has 116 valence electrons. The Balaban J connectivity index is 2.56. The average molecular weight is 318 g/mol. The molecule has 0 saturated heterocycles. The Morgan fingerprint density at radius 2 is 1.86 bits per heavy atom. The van der Waals surface area contributed by atoms with Crippen LogP contribution in [-0.4, -0.2) is 21.3 Å². The number of benzene rings is 2. The summed E-state index contributed by atoms with van der Waals surface area (Å²) in [5.41, 5.74) is 1.49. The highest BCUT2D eigenvalue weighted by Crippen LogP contribution is 2.27. The van der Waals surface area contributed by atoms with Gasteiger partial charge in [-0.3, -0.25) is 0 Å². The fourth-order valence-electron chi connectivity index (χ4n) is 2.17. The molecular weight excluding hydrogens is 300 g/mol. The highest BCUT2D eigenvalue weighted by molar-refractivity contribution is 7.91. The molecule has 2 aromatic rings. The molecule has 0 radical (unpaired) electrons. The van der Waals surface area contributed by atoms with Crippen molar-refractivity contribution in [2.45, 2.75) is 30.1 Å². The Bertz CT molecular complexity index is 779. The van der Waals surface area contributed by atoms with Crippen LogP contribution in [0.5, 0.6) is 5.75 Å². The van der Waals surface area contributed by atoms with E-state index in [9.17, 15) is 13.2 Å². The third-order valence-corrected chi connectivity index (χ3v) is 4.91. The van der Waals surface area contributed by atoms with Gasteiger partial charge in [-0.05, 0) is 55.3 Å². The van der Waals surface area contributed by atoms with Crippen molar-refractivity contribution in [3.63, 3.8) is 0 Å². The number of carbonyl (C=O) groups is 1. The molecule has 5 heteroatoms. The topological polar surface area (TPSA) is 60.4 Å². The summed E-state index contributed by atoms with van der Waals surface area (Å²) in [6.07, 6.45) is 0.894. The molecule has 0 N–H and O–H groups in total. The van der Waals surface area contributed by atoms with Crippen LogP contribution in [0.4, 0.5) is 0 Å². The van der Waals surface area contributed by atoms with Gasteiger partial charge >= 0.3 is 0 Å². The van der Waals surface area contributed by atoms with Gasteiger partial charge in [-0.25, -0.2) is 8.42 Å². The molecule has 0 spiro atoms. The Hall–Kier alpha value is -2.14. The predicted molar refractivity (Wildman–Crippen MR) is 84.0 cm³/mol. The van der Waals surface area contributed by atoms with Gasteiger partial charge in [0.2, 0.25) is 9.84 Å². The van der Waals surface area contributed by atoms with Crippen LogP contribution in [0, 0.1) is 6.92 Å². The monoisotopic (exact) mass is 318 g/mol. The van der Waals surface area contributed by atoms with E-state index in [2.05, 4.69) is 0 Å². The third-order valence-electron chi connectivity index (χ3n) is 3.18. The van der Waals surface area contributed by atoms with Crippen molar-refractivity contribution in [3.05, 3.63) is 53.6 Å². The number of ether oxygens (including phenoxy) is 1. The van der Waals surface area contributed by atoms with Crippen LogP contribution >= 0.6 is 0 Å². The van der Waals surface area contributed by atoms with E-state index in [-0.39, 0.29) is 16.2 Å². The van der Waals surface area contributed by atoms with Gasteiger partial charge in [0.25, 0.3) is 0 Å². The standard InChI is InChI=1S/C17H18O4S/c1-3-21-15-10-14(7-8-18)11-17(12-15)22(19,20)16-6-4-5-13(2)9-16/h4-6,8-12H,3,7H2,1-2H3. The van der Waals surface area contributed by atoms with Crippen LogP contribution in [0.25, 0.3) is 0 Å². The lowest BCUT2D eigenvalue weighted by atomic mass is 10.1. The Morgan fingerprint density at radius 1 is 1.09 bits per heavy atom. The Morgan fingerprint density at radius 3 is 2.50 bits per heavy atom. The molecule has 0 atom stereocenters. The smallest absolute Gasteiger partial charge is 0.206 e. The molecule has 0 bridgehead atoms. The molecule has 0 aliphatic carbocycles. The van der Waals surface area contributed by atoms with Crippen LogP contribution < -0.4 is 4.74 Å². The summed E-state index contributed by atoms with van der Waals surface area (Å²) < 4.78 is 30.9. The van der Waals surface area contributed by atoms with Crippen LogP contribution in [0.2, 0.25) is 0 Å². The maximum absolute atomic E-state index is 12.8. The molecule has 0 unspecified atom stereocenters. The third kappa shape index (κ3) is 3.54.